The van der Waals surface area contributed by atoms with Gasteiger partial charge >= 0.3 is 0 Å². The van der Waals surface area contributed by atoms with Crippen LogP contribution in [-0.2, 0) is 11.2 Å². The van der Waals surface area contributed by atoms with E-state index in [1.165, 1.54) is 12.1 Å². The van der Waals surface area contributed by atoms with E-state index < -0.39 is 0 Å². The topological polar surface area (TPSA) is 21.3 Å². The molecule has 0 fully saturated rings. The van der Waals surface area contributed by atoms with Crippen LogP contribution >= 0.6 is 11.6 Å². The summed E-state index contributed by atoms with van der Waals surface area (Å²) in [5, 5.41) is 3.78. The summed E-state index contributed by atoms with van der Waals surface area (Å²) in [6.45, 7) is 8.21. The molecule has 1 atom stereocenters. The molecule has 0 aliphatic rings. The average molecular weight is 286 g/mol. The van der Waals surface area contributed by atoms with Gasteiger partial charge in [-0.1, -0.05) is 30.7 Å². The highest BCUT2D eigenvalue weighted by atomic mass is 35.5. The number of halogens is 2. The van der Waals surface area contributed by atoms with E-state index in [-0.39, 0.29) is 11.2 Å². The van der Waals surface area contributed by atoms with E-state index in [0.717, 1.165) is 25.1 Å². The van der Waals surface area contributed by atoms with Crippen molar-refractivity contribution in [3.63, 3.8) is 0 Å². The maximum Gasteiger partial charge on any atom is 0.124 e. The smallest absolute Gasteiger partial charge is 0.124 e. The first-order valence-electron chi connectivity index (χ1n) is 6.28. The lowest BCUT2D eigenvalue weighted by Gasteiger charge is -2.27. The van der Waals surface area contributed by atoms with Gasteiger partial charge in [0.15, 0.2) is 0 Å². The SMILES string of the molecule is C=CC(C)(CNCCOC)Cc1ccc(F)cc1Cl. The van der Waals surface area contributed by atoms with Crippen LogP contribution in [0.5, 0.6) is 0 Å². The molecule has 1 rings (SSSR count). The van der Waals surface area contributed by atoms with Gasteiger partial charge in [-0.3, -0.25) is 0 Å². The third-order valence-corrected chi connectivity index (χ3v) is 3.47. The summed E-state index contributed by atoms with van der Waals surface area (Å²) in [6, 6.07) is 4.51. The molecule has 2 nitrogen and oxygen atoms in total. The molecular weight excluding hydrogens is 265 g/mol. The lowest BCUT2D eigenvalue weighted by atomic mass is 9.83. The molecule has 0 bridgehead atoms. The predicted molar refractivity (Wildman–Crippen MR) is 78.2 cm³/mol. The molecule has 0 aliphatic heterocycles. The summed E-state index contributed by atoms with van der Waals surface area (Å²) in [5.41, 5.74) is 0.800. The fraction of sp³-hybridized carbons (Fsp3) is 0.467. The third-order valence-electron chi connectivity index (χ3n) is 3.11. The maximum atomic E-state index is 13.0. The Morgan fingerprint density at radius 3 is 2.84 bits per heavy atom. The normalized spacial score (nSPS) is 14.1. The number of hydrogen-bond acceptors (Lipinski definition) is 2. The van der Waals surface area contributed by atoms with Crippen LogP contribution < -0.4 is 5.32 Å². The fourth-order valence-corrected chi connectivity index (χ4v) is 2.09. The van der Waals surface area contributed by atoms with Gasteiger partial charge in [-0.2, -0.15) is 0 Å². The number of benzene rings is 1. The van der Waals surface area contributed by atoms with Crippen LogP contribution in [0.15, 0.2) is 30.9 Å². The van der Waals surface area contributed by atoms with Gasteiger partial charge in [0.2, 0.25) is 0 Å². The molecule has 1 aromatic carbocycles. The van der Waals surface area contributed by atoms with Crippen LogP contribution in [0, 0.1) is 11.2 Å². The predicted octanol–water partition coefficient (Wildman–Crippen LogP) is 3.45. The number of nitrogens with one attached hydrogen (secondary N) is 1. The highest BCUT2D eigenvalue weighted by Gasteiger charge is 2.21. The summed E-state index contributed by atoms with van der Waals surface area (Å²) < 4.78 is 18.0. The molecule has 0 spiro atoms. The molecular formula is C15H21ClFNO. The van der Waals surface area contributed by atoms with E-state index in [0.29, 0.717) is 11.6 Å². The average Bonchev–Trinajstić information content (AvgIpc) is 2.38. The van der Waals surface area contributed by atoms with E-state index in [1.54, 1.807) is 13.2 Å². The first-order chi connectivity index (χ1) is 9.00. The van der Waals surface area contributed by atoms with Crippen molar-refractivity contribution in [1.29, 1.82) is 0 Å². The Bertz CT molecular complexity index is 425. The molecule has 1 unspecified atom stereocenters. The van der Waals surface area contributed by atoms with Gasteiger partial charge in [-0.25, -0.2) is 4.39 Å². The first kappa shape index (κ1) is 16.2. The van der Waals surface area contributed by atoms with Crippen molar-refractivity contribution in [2.75, 3.05) is 26.8 Å². The van der Waals surface area contributed by atoms with Crippen LogP contribution in [0.3, 0.4) is 0 Å². The van der Waals surface area contributed by atoms with Gasteiger partial charge in [0.05, 0.1) is 6.61 Å². The van der Waals surface area contributed by atoms with E-state index in [4.69, 9.17) is 16.3 Å². The minimum atomic E-state index is -0.313. The molecule has 106 valence electrons. The van der Waals surface area contributed by atoms with E-state index >= 15 is 0 Å². The number of hydrogen-bond donors (Lipinski definition) is 1. The number of methoxy groups -OCH3 is 1. The highest BCUT2D eigenvalue weighted by molar-refractivity contribution is 6.31. The second-order valence-corrected chi connectivity index (χ2v) is 5.35. The van der Waals surface area contributed by atoms with Crippen molar-refractivity contribution in [3.05, 3.63) is 47.3 Å². The number of ether oxygens (including phenoxy) is 1. The molecule has 0 saturated heterocycles. The molecule has 4 heteroatoms. The zero-order valence-electron chi connectivity index (χ0n) is 11.5. The summed E-state index contributed by atoms with van der Waals surface area (Å²) in [5.74, 6) is -0.313. The van der Waals surface area contributed by atoms with Crippen LogP contribution in [0.25, 0.3) is 0 Å². The Balaban J connectivity index is 2.66. The minimum absolute atomic E-state index is 0.130. The van der Waals surface area contributed by atoms with Crippen LogP contribution in [0.1, 0.15) is 12.5 Å². The van der Waals surface area contributed by atoms with Crippen molar-refractivity contribution in [2.45, 2.75) is 13.3 Å². The molecule has 0 radical (unpaired) electrons. The Kier molecular flexibility index (Phi) is 6.49. The van der Waals surface area contributed by atoms with Gasteiger partial charge in [-0.15, -0.1) is 6.58 Å². The van der Waals surface area contributed by atoms with E-state index in [9.17, 15) is 4.39 Å². The Hall–Kier alpha value is -0.900. The van der Waals surface area contributed by atoms with Gasteiger partial charge in [0, 0.05) is 30.6 Å². The first-order valence-corrected chi connectivity index (χ1v) is 6.66. The fourth-order valence-electron chi connectivity index (χ4n) is 1.86. The van der Waals surface area contributed by atoms with Gasteiger partial charge < -0.3 is 10.1 Å². The van der Waals surface area contributed by atoms with Crippen molar-refractivity contribution < 1.29 is 9.13 Å². The van der Waals surface area contributed by atoms with Crippen LogP contribution in [0.4, 0.5) is 4.39 Å². The van der Waals surface area contributed by atoms with Gasteiger partial charge in [0.1, 0.15) is 5.82 Å². The largest absolute Gasteiger partial charge is 0.383 e. The third kappa shape index (κ3) is 5.31. The molecule has 0 saturated carbocycles. The van der Waals surface area contributed by atoms with Gasteiger partial charge in [0.25, 0.3) is 0 Å². The molecule has 1 N–H and O–H groups in total. The quantitative estimate of drug-likeness (QED) is 0.583. The highest BCUT2D eigenvalue weighted by Crippen LogP contribution is 2.27. The summed E-state index contributed by atoms with van der Waals surface area (Å²) >= 11 is 6.06. The second kappa shape index (κ2) is 7.63. The molecule has 0 aliphatic carbocycles. The van der Waals surface area contributed by atoms with E-state index in [2.05, 4.69) is 18.8 Å². The summed E-state index contributed by atoms with van der Waals surface area (Å²) in [7, 11) is 1.67. The lowest BCUT2D eigenvalue weighted by Crippen LogP contribution is -2.33. The van der Waals surface area contributed by atoms with Gasteiger partial charge in [-0.05, 0) is 24.1 Å². The lowest BCUT2D eigenvalue weighted by molar-refractivity contribution is 0.196. The Morgan fingerprint density at radius 2 is 2.26 bits per heavy atom. The zero-order chi connectivity index (χ0) is 14.3. The van der Waals surface area contributed by atoms with Crippen molar-refractivity contribution in [3.8, 4) is 0 Å². The number of rotatable bonds is 8. The second-order valence-electron chi connectivity index (χ2n) is 4.94. The van der Waals surface area contributed by atoms with Crippen molar-refractivity contribution in [1.82, 2.24) is 5.32 Å². The monoisotopic (exact) mass is 285 g/mol. The molecule has 0 amide bonds. The van der Waals surface area contributed by atoms with Crippen LogP contribution in [-0.4, -0.2) is 26.8 Å². The maximum absolute atomic E-state index is 13.0. The van der Waals surface area contributed by atoms with E-state index in [1.807, 2.05) is 6.08 Å². The Morgan fingerprint density at radius 1 is 1.53 bits per heavy atom. The summed E-state index contributed by atoms with van der Waals surface area (Å²) in [4.78, 5) is 0. The summed E-state index contributed by atoms with van der Waals surface area (Å²) in [6.07, 6.45) is 2.63. The van der Waals surface area contributed by atoms with Crippen LogP contribution in [0.2, 0.25) is 5.02 Å². The van der Waals surface area contributed by atoms with Crippen molar-refractivity contribution >= 4 is 11.6 Å². The zero-order valence-corrected chi connectivity index (χ0v) is 12.3. The standard InChI is InChI=1S/C15H21ClFNO/c1-4-15(2,11-18-7-8-19-3)10-12-5-6-13(17)9-14(12)16/h4-6,9,18H,1,7-8,10-11H2,2-3H3. The molecule has 0 heterocycles. The molecule has 0 aromatic heterocycles. The molecule has 1 aromatic rings. The Labute approximate surface area is 119 Å². The van der Waals surface area contributed by atoms with Crippen molar-refractivity contribution in [2.24, 2.45) is 5.41 Å². The minimum Gasteiger partial charge on any atom is -0.383 e. The molecule has 19 heavy (non-hydrogen) atoms.